The summed E-state index contributed by atoms with van der Waals surface area (Å²) in [5.74, 6) is -0.0275. The second-order valence-electron chi connectivity index (χ2n) is 4.49. The molecule has 1 atom stereocenters. The standard InChI is InChI=1S/C15H15ClIN3O/c16-11-6-7-14(13(17)8-11)19-9-12(15(18)20-21)10-4-2-1-3-5-10/h1-8,12,19,21H,9H2,(H2,18,20). The summed E-state index contributed by atoms with van der Waals surface area (Å²) in [4.78, 5) is 0. The molecule has 0 aliphatic heterocycles. The minimum absolute atomic E-state index is 0.178. The van der Waals surface area contributed by atoms with Crippen molar-refractivity contribution in [1.29, 1.82) is 0 Å². The zero-order valence-electron chi connectivity index (χ0n) is 11.1. The Morgan fingerprint density at radius 1 is 1.29 bits per heavy atom. The van der Waals surface area contributed by atoms with Crippen LogP contribution in [0.3, 0.4) is 0 Å². The van der Waals surface area contributed by atoms with Gasteiger partial charge in [-0.25, -0.2) is 0 Å². The van der Waals surface area contributed by atoms with Gasteiger partial charge in [-0.2, -0.15) is 0 Å². The molecule has 0 saturated heterocycles. The normalized spacial score (nSPS) is 13.0. The first-order chi connectivity index (χ1) is 10.1. The van der Waals surface area contributed by atoms with Gasteiger partial charge >= 0.3 is 0 Å². The van der Waals surface area contributed by atoms with Crippen molar-refractivity contribution >= 4 is 45.7 Å². The van der Waals surface area contributed by atoms with Gasteiger partial charge in [0.25, 0.3) is 0 Å². The van der Waals surface area contributed by atoms with Crippen molar-refractivity contribution in [3.8, 4) is 0 Å². The molecule has 6 heteroatoms. The summed E-state index contributed by atoms with van der Waals surface area (Å²) >= 11 is 8.16. The molecule has 110 valence electrons. The molecule has 2 aromatic rings. The van der Waals surface area contributed by atoms with Crippen molar-refractivity contribution in [1.82, 2.24) is 0 Å². The molecule has 0 aliphatic carbocycles. The zero-order valence-corrected chi connectivity index (χ0v) is 14.0. The predicted molar refractivity (Wildman–Crippen MR) is 95.3 cm³/mol. The van der Waals surface area contributed by atoms with Crippen molar-refractivity contribution in [2.24, 2.45) is 10.9 Å². The van der Waals surface area contributed by atoms with Gasteiger partial charge < -0.3 is 16.3 Å². The van der Waals surface area contributed by atoms with E-state index in [9.17, 15) is 0 Å². The Morgan fingerprint density at radius 2 is 2.00 bits per heavy atom. The second kappa shape index (κ2) is 7.51. The number of nitrogens with two attached hydrogens (primary N) is 1. The van der Waals surface area contributed by atoms with Gasteiger partial charge in [0.2, 0.25) is 0 Å². The second-order valence-corrected chi connectivity index (χ2v) is 6.09. The molecular formula is C15H15ClIN3O. The Balaban J connectivity index is 2.17. The molecule has 0 bridgehead atoms. The third kappa shape index (κ3) is 4.25. The largest absolute Gasteiger partial charge is 0.409 e. The van der Waals surface area contributed by atoms with Gasteiger partial charge in [-0.3, -0.25) is 0 Å². The zero-order chi connectivity index (χ0) is 15.2. The van der Waals surface area contributed by atoms with E-state index in [1.54, 1.807) is 0 Å². The lowest BCUT2D eigenvalue weighted by Crippen LogP contribution is -2.28. The predicted octanol–water partition coefficient (Wildman–Crippen LogP) is 3.89. The molecule has 1 unspecified atom stereocenters. The average Bonchev–Trinajstić information content (AvgIpc) is 2.50. The Morgan fingerprint density at radius 3 is 2.62 bits per heavy atom. The van der Waals surface area contributed by atoms with Crippen molar-refractivity contribution in [2.45, 2.75) is 5.92 Å². The Hall–Kier alpha value is -1.47. The van der Waals surface area contributed by atoms with E-state index in [2.05, 4.69) is 33.1 Å². The Bertz CT molecular complexity index is 634. The summed E-state index contributed by atoms with van der Waals surface area (Å²) in [7, 11) is 0. The van der Waals surface area contributed by atoms with Crippen molar-refractivity contribution in [3.05, 3.63) is 62.7 Å². The quantitative estimate of drug-likeness (QED) is 0.228. The first kappa shape index (κ1) is 15.9. The van der Waals surface area contributed by atoms with Crippen LogP contribution in [-0.2, 0) is 0 Å². The number of hydrogen-bond donors (Lipinski definition) is 3. The summed E-state index contributed by atoms with van der Waals surface area (Å²) in [6.45, 7) is 0.525. The van der Waals surface area contributed by atoms with Gasteiger partial charge in [0.05, 0.1) is 5.92 Å². The van der Waals surface area contributed by atoms with Crippen molar-refractivity contribution in [2.75, 3.05) is 11.9 Å². The van der Waals surface area contributed by atoms with Crippen LogP contribution in [0.15, 0.2) is 53.7 Å². The molecule has 21 heavy (non-hydrogen) atoms. The highest BCUT2D eigenvalue weighted by atomic mass is 127. The third-order valence-corrected chi connectivity index (χ3v) is 4.23. The number of hydrogen-bond acceptors (Lipinski definition) is 3. The van der Waals surface area contributed by atoms with Gasteiger partial charge in [0, 0.05) is 20.8 Å². The highest BCUT2D eigenvalue weighted by molar-refractivity contribution is 14.1. The number of oxime groups is 1. The van der Waals surface area contributed by atoms with Crippen molar-refractivity contribution in [3.63, 3.8) is 0 Å². The summed E-state index contributed by atoms with van der Waals surface area (Å²) in [5, 5.41) is 16.1. The fourth-order valence-corrected chi connectivity index (χ4v) is 3.06. The number of benzene rings is 2. The van der Waals surface area contributed by atoms with Gasteiger partial charge in [-0.05, 0) is 46.4 Å². The van der Waals surface area contributed by atoms with Gasteiger partial charge in [0.1, 0.15) is 5.84 Å². The molecule has 2 rings (SSSR count). The Labute approximate surface area is 142 Å². The van der Waals surface area contributed by atoms with E-state index in [0.29, 0.717) is 11.6 Å². The van der Waals surface area contributed by atoms with Crippen LogP contribution in [0.2, 0.25) is 5.02 Å². The Kier molecular flexibility index (Phi) is 5.69. The molecule has 0 amide bonds. The number of rotatable bonds is 5. The highest BCUT2D eigenvalue weighted by Gasteiger charge is 2.16. The van der Waals surface area contributed by atoms with E-state index in [1.807, 2.05) is 48.5 Å². The molecule has 0 aliphatic rings. The lowest BCUT2D eigenvalue weighted by molar-refractivity contribution is 0.316. The number of anilines is 1. The van der Waals surface area contributed by atoms with E-state index in [4.69, 9.17) is 22.5 Å². The van der Waals surface area contributed by atoms with Crippen molar-refractivity contribution < 1.29 is 5.21 Å². The highest BCUT2D eigenvalue weighted by Crippen LogP contribution is 2.24. The molecule has 0 heterocycles. The van der Waals surface area contributed by atoms with Crippen LogP contribution in [0.25, 0.3) is 0 Å². The van der Waals surface area contributed by atoms with Crippen LogP contribution in [0, 0.1) is 3.57 Å². The number of nitrogens with one attached hydrogen (secondary N) is 1. The van der Waals surface area contributed by atoms with E-state index in [-0.39, 0.29) is 11.8 Å². The summed E-state index contributed by atoms with van der Waals surface area (Å²) < 4.78 is 1.02. The van der Waals surface area contributed by atoms with Crippen LogP contribution >= 0.6 is 34.2 Å². The summed E-state index contributed by atoms with van der Waals surface area (Å²) in [6, 6.07) is 15.3. The minimum atomic E-state index is -0.206. The average molecular weight is 416 g/mol. The smallest absolute Gasteiger partial charge is 0.148 e. The van der Waals surface area contributed by atoms with Crippen LogP contribution in [0.1, 0.15) is 11.5 Å². The van der Waals surface area contributed by atoms with Crippen LogP contribution in [0.5, 0.6) is 0 Å². The maximum Gasteiger partial charge on any atom is 0.148 e. The molecule has 4 N–H and O–H groups in total. The molecule has 4 nitrogen and oxygen atoms in total. The van der Waals surface area contributed by atoms with E-state index in [1.165, 1.54) is 0 Å². The van der Waals surface area contributed by atoms with E-state index in [0.717, 1.165) is 14.8 Å². The molecule has 0 aromatic heterocycles. The number of halogens is 2. The number of nitrogens with zero attached hydrogens (tertiary/aromatic N) is 1. The monoisotopic (exact) mass is 415 g/mol. The fraction of sp³-hybridized carbons (Fsp3) is 0.133. The first-order valence-electron chi connectivity index (χ1n) is 6.33. The first-order valence-corrected chi connectivity index (χ1v) is 7.78. The topological polar surface area (TPSA) is 70.6 Å². The molecule has 0 radical (unpaired) electrons. The molecule has 0 saturated carbocycles. The molecular weight excluding hydrogens is 401 g/mol. The van der Waals surface area contributed by atoms with Crippen LogP contribution < -0.4 is 11.1 Å². The maximum absolute atomic E-state index is 8.97. The third-order valence-electron chi connectivity index (χ3n) is 3.10. The van der Waals surface area contributed by atoms with E-state index >= 15 is 0 Å². The van der Waals surface area contributed by atoms with Gasteiger partial charge in [-0.15, -0.1) is 0 Å². The summed E-state index contributed by atoms with van der Waals surface area (Å²) in [5.41, 5.74) is 7.77. The number of amidine groups is 1. The SMILES string of the molecule is N/C(=N/O)C(CNc1ccc(Cl)cc1I)c1ccccc1. The maximum atomic E-state index is 8.97. The van der Waals surface area contributed by atoms with E-state index < -0.39 is 0 Å². The molecule has 2 aromatic carbocycles. The molecule has 0 fully saturated rings. The van der Waals surface area contributed by atoms with Crippen LogP contribution in [0.4, 0.5) is 5.69 Å². The minimum Gasteiger partial charge on any atom is -0.409 e. The molecule has 0 spiro atoms. The van der Waals surface area contributed by atoms with Gasteiger partial charge in [-0.1, -0.05) is 47.1 Å². The summed E-state index contributed by atoms with van der Waals surface area (Å²) in [6.07, 6.45) is 0. The van der Waals surface area contributed by atoms with Crippen LogP contribution in [-0.4, -0.2) is 17.6 Å². The lowest BCUT2D eigenvalue weighted by atomic mass is 9.98. The lowest BCUT2D eigenvalue weighted by Gasteiger charge is -2.18. The fourth-order valence-electron chi connectivity index (χ4n) is 1.99. The van der Waals surface area contributed by atoms with Gasteiger partial charge in [0.15, 0.2) is 0 Å².